The highest BCUT2D eigenvalue weighted by Gasteiger charge is 2.25. The zero-order chi connectivity index (χ0) is 17.1. The van der Waals surface area contributed by atoms with Crippen molar-refractivity contribution < 1.29 is 9.59 Å². The number of anilines is 1. The molecule has 1 N–H and O–H groups in total. The number of carbonyl (C=O) groups excluding carboxylic acids is 2. The van der Waals surface area contributed by atoms with Gasteiger partial charge in [0.1, 0.15) is 5.69 Å². The SMILES string of the molecule is CCn1ccc(C(=O)Nc2cnn(C)c2C(=O)N2CCCCC2)n1. The molecular weight excluding hydrogens is 308 g/mol. The first-order valence-electron chi connectivity index (χ1n) is 8.26. The Labute approximate surface area is 140 Å². The van der Waals surface area contributed by atoms with Crippen LogP contribution in [-0.2, 0) is 13.6 Å². The summed E-state index contributed by atoms with van der Waals surface area (Å²) in [5, 5.41) is 11.1. The van der Waals surface area contributed by atoms with Gasteiger partial charge in [0, 0.05) is 32.9 Å². The number of nitrogens with zero attached hydrogens (tertiary/aromatic N) is 5. The molecule has 2 aromatic heterocycles. The van der Waals surface area contributed by atoms with Gasteiger partial charge in [0.25, 0.3) is 11.8 Å². The number of piperidine rings is 1. The molecule has 0 radical (unpaired) electrons. The molecule has 0 unspecified atom stereocenters. The Morgan fingerprint density at radius 1 is 1.25 bits per heavy atom. The average Bonchev–Trinajstić information content (AvgIpc) is 3.22. The third kappa shape index (κ3) is 3.17. The molecule has 3 heterocycles. The van der Waals surface area contributed by atoms with Gasteiger partial charge in [-0.3, -0.25) is 19.0 Å². The molecule has 1 fully saturated rings. The molecule has 2 amide bonds. The molecule has 24 heavy (non-hydrogen) atoms. The first-order chi connectivity index (χ1) is 11.6. The maximum Gasteiger partial charge on any atom is 0.276 e. The van der Waals surface area contributed by atoms with E-state index in [1.807, 2.05) is 11.8 Å². The predicted octanol–water partition coefficient (Wildman–Crippen LogP) is 1.51. The van der Waals surface area contributed by atoms with Crippen LogP contribution in [0.4, 0.5) is 5.69 Å². The third-order valence-electron chi connectivity index (χ3n) is 4.23. The van der Waals surface area contributed by atoms with Crippen LogP contribution in [0, 0.1) is 0 Å². The van der Waals surface area contributed by atoms with Crippen molar-refractivity contribution in [2.24, 2.45) is 7.05 Å². The van der Waals surface area contributed by atoms with E-state index in [1.54, 1.807) is 24.0 Å². The van der Waals surface area contributed by atoms with Gasteiger partial charge in [-0.15, -0.1) is 0 Å². The van der Waals surface area contributed by atoms with E-state index in [9.17, 15) is 9.59 Å². The van der Waals surface area contributed by atoms with E-state index in [1.165, 1.54) is 10.9 Å². The van der Waals surface area contributed by atoms with Crippen molar-refractivity contribution in [3.63, 3.8) is 0 Å². The van der Waals surface area contributed by atoms with Crippen molar-refractivity contribution >= 4 is 17.5 Å². The number of hydrogen-bond acceptors (Lipinski definition) is 4. The summed E-state index contributed by atoms with van der Waals surface area (Å²) >= 11 is 0. The lowest BCUT2D eigenvalue weighted by Crippen LogP contribution is -2.37. The molecular formula is C16H22N6O2. The molecule has 1 aliphatic rings. The summed E-state index contributed by atoms with van der Waals surface area (Å²) in [4.78, 5) is 26.9. The second-order valence-corrected chi connectivity index (χ2v) is 5.89. The molecule has 8 nitrogen and oxygen atoms in total. The van der Waals surface area contributed by atoms with Crippen molar-refractivity contribution in [2.45, 2.75) is 32.7 Å². The minimum absolute atomic E-state index is 0.0934. The topological polar surface area (TPSA) is 85.0 Å². The second-order valence-electron chi connectivity index (χ2n) is 5.89. The summed E-state index contributed by atoms with van der Waals surface area (Å²) in [5.74, 6) is -0.438. The minimum Gasteiger partial charge on any atom is -0.337 e. The van der Waals surface area contributed by atoms with E-state index < -0.39 is 0 Å². The van der Waals surface area contributed by atoms with Crippen molar-refractivity contribution in [3.05, 3.63) is 29.8 Å². The van der Waals surface area contributed by atoms with Gasteiger partial charge in [0.15, 0.2) is 5.69 Å². The van der Waals surface area contributed by atoms with Crippen LogP contribution < -0.4 is 5.32 Å². The molecule has 8 heteroatoms. The van der Waals surface area contributed by atoms with Crippen LogP contribution in [0.1, 0.15) is 47.2 Å². The lowest BCUT2D eigenvalue weighted by atomic mass is 10.1. The number of aryl methyl sites for hydroxylation is 2. The van der Waals surface area contributed by atoms with E-state index in [-0.39, 0.29) is 11.8 Å². The van der Waals surface area contributed by atoms with Crippen molar-refractivity contribution in [2.75, 3.05) is 18.4 Å². The quantitative estimate of drug-likeness (QED) is 0.921. The Kier molecular flexibility index (Phi) is 4.64. The van der Waals surface area contributed by atoms with E-state index >= 15 is 0 Å². The van der Waals surface area contributed by atoms with E-state index in [0.717, 1.165) is 32.4 Å². The molecule has 3 rings (SSSR count). The number of amides is 2. The smallest absolute Gasteiger partial charge is 0.276 e. The van der Waals surface area contributed by atoms with Gasteiger partial charge in [0.05, 0.1) is 11.9 Å². The van der Waals surface area contributed by atoms with Crippen LogP contribution >= 0.6 is 0 Å². The molecule has 0 spiro atoms. The number of hydrogen-bond donors (Lipinski definition) is 1. The van der Waals surface area contributed by atoms with Crippen LogP contribution in [0.15, 0.2) is 18.5 Å². The fraction of sp³-hybridized carbons (Fsp3) is 0.500. The monoisotopic (exact) mass is 330 g/mol. The lowest BCUT2D eigenvalue weighted by molar-refractivity contribution is 0.0714. The maximum absolute atomic E-state index is 12.8. The van der Waals surface area contributed by atoms with Crippen LogP contribution in [0.3, 0.4) is 0 Å². The maximum atomic E-state index is 12.8. The van der Waals surface area contributed by atoms with E-state index in [4.69, 9.17) is 0 Å². The molecule has 0 saturated carbocycles. The Morgan fingerprint density at radius 2 is 2.00 bits per heavy atom. The molecule has 1 saturated heterocycles. The summed E-state index contributed by atoms with van der Waals surface area (Å²) in [6.45, 7) is 4.14. The largest absolute Gasteiger partial charge is 0.337 e. The van der Waals surface area contributed by atoms with Crippen molar-refractivity contribution in [1.82, 2.24) is 24.5 Å². The Morgan fingerprint density at radius 3 is 2.67 bits per heavy atom. The molecule has 0 aliphatic carbocycles. The van der Waals surface area contributed by atoms with E-state index in [0.29, 0.717) is 23.6 Å². The highest BCUT2D eigenvalue weighted by Crippen LogP contribution is 2.20. The first kappa shape index (κ1) is 16.2. The summed E-state index contributed by atoms with van der Waals surface area (Å²) in [7, 11) is 1.71. The number of aromatic nitrogens is 4. The Balaban J connectivity index is 1.79. The number of rotatable bonds is 4. The Bertz CT molecular complexity index is 742. The van der Waals surface area contributed by atoms with Crippen LogP contribution in [-0.4, -0.2) is 49.4 Å². The second kappa shape index (κ2) is 6.86. The molecule has 1 aliphatic heterocycles. The van der Waals surface area contributed by atoms with Crippen LogP contribution in [0.25, 0.3) is 0 Å². The van der Waals surface area contributed by atoms with Gasteiger partial charge in [-0.25, -0.2) is 0 Å². The minimum atomic E-state index is -0.345. The molecule has 0 atom stereocenters. The highest BCUT2D eigenvalue weighted by atomic mass is 16.2. The van der Waals surface area contributed by atoms with Gasteiger partial charge < -0.3 is 10.2 Å². The molecule has 0 aromatic carbocycles. The Hall–Kier alpha value is -2.64. The zero-order valence-corrected chi connectivity index (χ0v) is 14.0. The number of nitrogens with one attached hydrogen (secondary N) is 1. The predicted molar refractivity (Wildman–Crippen MR) is 88.8 cm³/mol. The molecule has 0 bridgehead atoms. The molecule has 128 valence electrons. The average molecular weight is 330 g/mol. The number of carbonyl (C=O) groups is 2. The van der Waals surface area contributed by atoms with Gasteiger partial charge in [0.2, 0.25) is 0 Å². The van der Waals surface area contributed by atoms with Crippen LogP contribution in [0.2, 0.25) is 0 Å². The lowest BCUT2D eigenvalue weighted by Gasteiger charge is -2.27. The first-order valence-corrected chi connectivity index (χ1v) is 8.26. The van der Waals surface area contributed by atoms with Gasteiger partial charge in [-0.05, 0) is 32.3 Å². The summed E-state index contributed by atoms with van der Waals surface area (Å²) in [6, 6.07) is 1.65. The normalized spacial score (nSPS) is 14.7. The summed E-state index contributed by atoms with van der Waals surface area (Å²) in [6.07, 6.45) is 6.43. The number of likely N-dealkylation sites (tertiary alicyclic amines) is 1. The van der Waals surface area contributed by atoms with E-state index in [2.05, 4.69) is 15.5 Å². The fourth-order valence-electron chi connectivity index (χ4n) is 2.87. The zero-order valence-electron chi connectivity index (χ0n) is 14.0. The van der Waals surface area contributed by atoms with Crippen LogP contribution in [0.5, 0.6) is 0 Å². The third-order valence-corrected chi connectivity index (χ3v) is 4.23. The van der Waals surface area contributed by atoms with Gasteiger partial charge >= 0.3 is 0 Å². The standard InChI is InChI=1S/C16H22N6O2/c1-3-22-10-7-12(19-22)15(23)18-13-11-17-20(2)14(13)16(24)21-8-5-4-6-9-21/h7,10-11H,3-6,8-9H2,1-2H3,(H,18,23). The highest BCUT2D eigenvalue weighted by molar-refractivity contribution is 6.07. The summed E-state index contributed by atoms with van der Waals surface area (Å²) in [5.41, 5.74) is 1.14. The van der Waals surface area contributed by atoms with Crippen molar-refractivity contribution in [3.8, 4) is 0 Å². The fourth-order valence-corrected chi connectivity index (χ4v) is 2.87. The van der Waals surface area contributed by atoms with Crippen molar-refractivity contribution in [1.29, 1.82) is 0 Å². The van der Waals surface area contributed by atoms with Gasteiger partial charge in [-0.2, -0.15) is 10.2 Å². The molecule has 2 aromatic rings. The summed E-state index contributed by atoms with van der Waals surface area (Å²) < 4.78 is 3.19. The van der Waals surface area contributed by atoms with Gasteiger partial charge in [-0.1, -0.05) is 0 Å².